The number of hydrogen-bond donors (Lipinski definition) is 0. The summed E-state index contributed by atoms with van der Waals surface area (Å²) in [5.74, 6) is 1.17. The summed E-state index contributed by atoms with van der Waals surface area (Å²) in [6.45, 7) is 7.51. The van der Waals surface area contributed by atoms with Crippen molar-refractivity contribution in [1.29, 1.82) is 0 Å². The van der Waals surface area contributed by atoms with Crippen LogP contribution in [0.15, 0.2) is 30.3 Å². The van der Waals surface area contributed by atoms with E-state index in [1.54, 1.807) is 0 Å². The minimum atomic E-state index is -0.283. The maximum absolute atomic E-state index is 11.4. The highest BCUT2D eigenvalue weighted by Gasteiger charge is 2.14. The highest BCUT2D eigenvalue weighted by atomic mass is 16.5. The zero-order valence-corrected chi connectivity index (χ0v) is 12.5. The maximum atomic E-state index is 11.4. The third-order valence-corrected chi connectivity index (χ3v) is 3.51. The number of ether oxygens (including phenoxy) is 1. The Morgan fingerprint density at radius 3 is 2.45 bits per heavy atom. The lowest BCUT2D eigenvalue weighted by Gasteiger charge is -2.27. The molecule has 20 heavy (non-hydrogen) atoms. The molecule has 0 atom stereocenters. The fourth-order valence-corrected chi connectivity index (χ4v) is 2.50. The van der Waals surface area contributed by atoms with Crippen LogP contribution in [-0.2, 0) is 4.74 Å². The molecule has 1 radical (unpaired) electrons. The Morgan fingerprint density at radius 1 is 1.25 bits per heavy atom. The molecule has 0 saturated carbocycles. The van der Waals surface area contributed by atoms with Crippen molar-refractivity contribution in [2.24, 2.45) is 0 Å². The van der Waals surface area contributed by atoms with Gasteiger partial charge in [0.1, 0.15) is 0 Å². The van der Waals surface area contributed by atoms with Crippen molar-refractivity contribution >= 4 is 11.5 Å². The number of nitrogens with zero attached hydrogens (tertiary/aromatic N) is 1. The van der Waals surface area contributed by atoms with Gasteiger partial charge in [0.05, 0.1) is 12.7 Å². The second kappa shape index (κ2) is 6.71. The predicted molar refractivity (Wildman–Crippen MR) is 81.4 cm³/mol. The molecular weight excluding hydrogens is 250 g/mol. The van der Waals surface area contributed by atoms with Crippen molar-refractivity contribution in [1.82, 2.24) is 4.90 Å². The molecule has 3 nitrogen and oxygen atoms in total. The number of carbonyl (C=O) groups excluding carboxylic acids is 1. The van der Waals surface area contributed by atoms with Crippen LogP contribution in [0.4, 0.5) is 0 Å². The smallest absolute Gasteiger partial charge is 0.337 e. The Balaban J connectivity index is 2.02. The van der Waals surface area contributed by atoms with E-state index in [1.165, 1.54) is 24.2 Å². The average Bonchev–Trinajstić information content (AvgIpc) is 2.47. The van der Waals surface area contributed by atoms with Gasteiger partial charge in [0, 0.05) is 19.6 Å². The van der Waals surface area contributed by atoms with Crippen LogP contribution < -0.4 is 0 Å². The van der Waals surface area contributed by atoms with Crippen molar-refractivity contribution in [3.63, 3.8) is 0 Å². The van der Waals surface area contributed by atoms with Crippen molar-refractivity contribution in [2.45, 2.75) is 20.3 Å². The molecular formula is C17H22NO2. The second-order valence-corrected chi connectivity index (χ2v) is 5.49. The first-order valence-electron chi connectivity index (χ1n) is 6.99. The van der Waals surface area contributed by atoms with Gasteiger partial charge < -0.3 is 4.74 Å². The van der Waals surface area contributed by atoms with E-state index in [0.29, 0.717) is 5.56 Å². The van der Waals surface area contributed by atoms with Crippen LogP contribution in [0.1, 0.15) is 36.2 Å². The lowest BCUT2D eigenvalue weighted by molar-refractivity contribution is 0.0600. The van der Waals surface area contributed by atoms with E-state index in [1.807, 2.05) is 24.3 Å². The first kappa shape index (κ1) is 14.8. The van der Waals surface area contributed by atoms with Gasteiger partial charge in [-0.05, 0) is 35.6 Å². The van der Waals surface area contributed by atoms with Crippen LogP contribution >= 0.6 is 0 Å². The zero-order valence-electron chi connectivity index (χ0n) is 12.5. The zero-order chi connectivity index (χ0) is 14.5. The Hall–Kier alpha value is -1.61. The Bertz CT molecular complexity index is 488. The molecule has 0 N–H and O–H groups in total. The molecule has 0 amide bonds. The minimum Gasteiger partial charge on any atom is -0.465 e. The molecule has 1 aliphatic rings. The predicted octanol–water partition coefficient (Wildman–Crippen LogP) is 3.18. The molecule has 0 aliphatic carbocycles. The molecule has 0 unspecified atom stereocenters. The number of esters is 1. The Morgan fingerprint density at radius 2 is 1.95 bits per heavy atom. The Labute approximate surface area is 121 Å². The molecule has 3 heteroatoms. The number of hydrogen-bond acceptors (Lipinski definition) is 3. The summed E-state index contributed by atoms with van der Waals surface area (Å²) < 4.78 is 4.71. The van der Waals surface area contributed by atoms with Gasteiger partial charge in [0.15, 0.2) is 0 Å². The van der Waals surface area contributed by atoms with E-state index in [2.05, 4.69) is 24.8 Å². The van der Waals surface area contributed by atoms with Crippen molar-refractivity contribution in [2.75, 3.05) is 26.7 Å². The average molecular weight is 272 g/mol. The molecule has 1 aromatic rings. The maximum Gasteiger partial charge on any atom is 0.337 e. The van der Waals surface area contributed by atoms with E-state index < -0.39 is 0 Å². The van der Waals surface area contributed by atoms with Crippen LogP contribution in [-0.4, -0.2) is 37.6 Å². The lowest BCUT2D eigenvalue weighted by Crippen LogP contribution is -2.31. The van der Waals surface area contributed by atoms with Gasteiger partial charge in [-0.2, -0.15) is 0 Å². The van der Waals surface area contributed by atoms with Crippen LogP contribution in [0, 0.1) is 5.92 Å². The van der Waals surface area contributed by atoms with Gasteiger partial charge in [-0.1, -0.05) is 32.1 Å². The topological polar surface area (TPSA) is 29.5 Å². The summed E-state index contributed by atoms with van der Waals surface area (Å²) in [6, 6.07) is 7.67. The molecule has 0 bridgehead atoms. The summed E-state index contributed by atoms with van der Waals surface area (Å²) in [6.07, 6.45) is 3.35. The molecule has 0 aromatic heterocycles. The van der Waals surface area contributed by atoms with E-state index in [4.69, 9.17) is 4.74 Å². The molecule has 2 rings (SSSR count). The first-order chi connectivity index (χ1) is 9.60. The Kier molecular flexibility index (Phi) is 4.96. The second-order valence-electron chi connectivity index (χ2n) is 5.49. The minimum absolute atomic E-state index is 0.283. The highest BCUT2D eigenvalue weighted by Crippen LogP contribution is 2.23. The highest BCUT2D eigenvalue weighted by molar-refractivity contribution is 5.89. The van der Waals surface area contributed by atoms with Crippen LogP contribution in [0.5, 0.6) is 0 Å². The molecule has 107 valence electrons. The van der Waals surface area contributed by atoms with Crippen molar-refractivity contribution in [3.05, 3.63) is 47.4 Å². The summed E-state index contributed by atoms with van der Waals surface area (Å²) in [5, 5.41) is 0. The third kappa shape index (κ3) is 3.70. The summed E-state index contributed by atoms with van der Waals surface area (Å²) in [4.78, 5) is 13.8. The SMILES string of the molecule is COC(=O)c1ccc(C2=CCN(C[C](C)C)CC2)cc1. The third-order valence-electron chi connectivity index (χ3n) is 3.51. The van der Waals surface area contributed by atoms with E-state index in [9.17, 15) is 4.79 Å². The number of methoxy groups -OCH3 is 1. The fraction of sp³-hybridized carbons (Fsp3) is 0.412. The summed E-state index contributed by atoms with van der Waals surface area (Å²) in [5.41, 5.74) is 3.17. The van der Waals surface area contributed by atoms with Crippen LogP contribution in [0.2, 0.25) is 0 Å². The normalized spacial score (nSPS) is 16.1. The van der Waals surface area contributed by atoms with Gasteiger partial charge >= 0.3 is 5.97 Å². The lowest BCUT2D eigenvalue weighted by atomic mass is 9.98. The molecule has 0 saturated heterocycles. The van der Waals surface area contributed by atoms with Gasteiger partial charge in [0.2, 0.25) is 0 Å². The van der Waals surface area contributed by atoms with Gasteiger partial charge in [0.25, 0.3) is 0 Å². The number of rotatable bonds is 4. The molecule has 1 aromatic carbocycles. The molecule has 1 heterocycles. The van der Waals surface area contributed by atoms with Crippen LogP contribution in [0.3, 0.4) is 0 Å². The quantitative estimate of drug-likeness (QED) is 0.788. The first-order valence-corrected chi connectivity index (χ1v) is 6.99. The summed E-state index contributed by atoms with van der Waals surface area (Å²) in [7, 11) is 1.40. The van der Waals surface area contributed by atoms with Crippen molar-refractivity contribution < 1.29 is 9.53 Å². The monoisotopic (exact) mass is 272 g/mol. The van der Waals surface area contributed by atoms with Gasteiger partial charge in [-0.25, -0.2) is 4.79 Å². The van der Waals surface area contributed by atoms with E-state index in [-0.39, 0.29) is 5.97 Å². The number of carbonyl (C=O) groups is 1. The largest absolute Gasteiger partial charge is 0.465 e. The van der Waals surface area contributed by atoms with Gasteiger partial charge in [-0.15, -0.1) is 0 Å². The molecule has 1 aliphatic heterocycles. The molecule has 0 fully saturated rings. The van der Waals surface area contributed by atoms with Crippen LogP contribution in [0.25, 0.3) is 5.57 Å². The van der Waals surface area contributed by atoms with Crippen molar-refractivity contribution in [3.8, 4) is 0 Å². The van der Waals surface area contributed by atoms with E-state index >= 15 is 0 Å². The van der Waals surface area contributed by atoms with Gasteiger partial charge in [-0.3, -0.25) is 4.90 Å². The number of benzene rings is 1. The summed E-state index contributed by atoms with van der Waals surface area (Å²) >= 11 is 0. The molecule has 0 spiro atoms. The standard InChI is InChI=1S/C17H22NO2/c1-13(2)12-18-10-8-15(9-11-18)14-4-6-16(7-5-14)17(19)20-3/h4-8H,9-12H2,1-3H3. The van der Waals surface area contributed by atoms with E-state index in [0.717, 1.165) is 26.1 Å². The fourth-order valence-electron chi connectivity index (χ4n) is 2.50.